The summed E-state index contributed by atoms with van der Waals surface area (Å²) in [6, 6.07) is 0. The molecular formula is C8H14ClF2N. The van der Waals surface area contributed by atoms with Gasteiger partial charge in [-0.15, -0.1) is 12.4 Å². The number of alkyl halides is 2. The third-order valence-corrected chi connectivity index (χ3v) is 3.10. The van der Waals surface area contributed by atoms with Gasteiger partial charge in [-0.05, 0) is 12.8 Å². The van der Waals surface area contributed by atoms with Crippen molar-refractivity contribution >= 4 is 12.4 Å². The van der Waals surface area contributed by atoms with Gasteiger partial charge in [-0.2, -0.15) is 0 Å². The van der Waals surface area contributed by atoms with Crippen molar-refractivity contribution in [1.29, 1.82) is 0 Å². The number of halogens is 3. The molecule has 4 heteroatoms. The van der Waals surface area contributed by atoms with Crippen LogP contribution >= 0.6 is 12.4 Å². The van der Waals surface area contributed by atoms with Crippen molar-refractivity contribution in [2.24, 2.45) is 5.41 Å². The molecular weight excluding hydrogens is 184 g/mol. The molecule has 0 aromatic carbocycles. The molecule has 1 saturated heterocycles. The third kappa shape index (κ3) is 1.23. The van der Waals surface area contributed by atoms with Crippen LogP contribution in [0.2, 0.25) is 0 Å². The standard InChI is InChI=1S/C8H13F2N.ClH/c9-8(10)4-2-1-3-7(8)5-11-6-7;/h11H,1-6H2;1H. The van der Waals surface area contributed by atoms with Gasteiger partial charge < -0.3 is 5.32 Å². The van der Waals surface area contributed by atoms with Gasteiger partial charge in [0.2, 0.25) is 0 Å². The Balaban J connectivity index is 0.000000720. The fourth-order valence-electron chi connectivity index (χ4n) is 2.12. The normalized spacial score (nSPS) is 30.5. The van der Waals surface area contributed by atoms with Gasteiger partial charge in [-0.25, -0.2) is 8.78 Å². The Bertz CT molecular complexity index is 168. The molecule has 0 bridgehead atoms. The zero-order valence-electron chi connectivity index (χ0n) is 6.91. The van der Waals surface area contributed by atoms with Crippen molar-refractivity contribution in [2.75, 3.05) is 13.1 Å². The number of hydrogen-bond donors (Lipinski definition) is 1. The molecule has 1 aliphatic heterocycles. The first kappa shape index (κ1) is 10.2. The van der Waals surface area contributed by atoms with Gasteiger partial charge in [-0.3, -0.25) is 0 Å². The molecule has 2 rings (SSSR count). The van der Waals surface area contributed by atoms with E-state index in [2.05, 4.69) is 5.32 Å². The smallest absolute Gasteiger partial charge is 0.256 e. The Kier molecular flexibility index (Phi) is 2.64. The van der Waals surface area contributed by atoms with Gasteiger partial charge in [-0.1, -0.05) is 6.42 Å². The maximum atomic E-state index is 13.3. The minimum absolute atomic E-state index is 0. The maximum Gasteiger partial charge on any atom is 0.256 e. The van der Waals surface area contributed by atoms with Gasteiger partial charge >= 0.3 is 0 Å². The van der Waals surface area contributed by atoms with E-state index in [1.807, 2.05) is 0 Å². The summed E-state index contributed by atoms with van der Waals surface area (Å²) in [5.41, 5.74) is -0.648. The summed E-state index contributed by atoms with van der Waals surface area (Å²) in [6.07, 6.45) is 2.51. The van der Waals surface area contributed by atoms with Gasteiger partial charge in [0.25, 0.3) is 5.92 Å². The average Bonchev–Trinajstić information content (AvgIpc) is 1.83. The van der Waals surface area contributed by atoms with E-state index in [1.54, 1.807) is 0 Å². The van der Waals surface area contributed by atoms with Gasteiger partial charge in [0.15, 0.2) is 0 Å². The summed E-state index contributed by atoms with van der Waals surface area (Å²) < 4.78 is 26.5. The summed E-state index contributed by atoms with van der Waals surface area (Å²) in [7, 11) is 0. The van der Waals surface area contributed by atoms with Crippen molar-refractivity contribution in [3.63, 3.8) is 0 Å². The van der Waals surface area contributed by atoms with E-state index in [4.69, 9.17) is 0 Å². The number of nitrogens with one attached hydrogen (secondary N) is 1. The molecule has 0 aromatic heterocycles. The van der Waals surface area contributed by atoms with Crippen molar-refractivity contribution in [3.8, 4) is 0 Å². The van der Waals surface area contributed by atoms with Gasteiger partial charge in [0, 0.05) is 19.5 Å². The van der Waals surface area contributed by atoms with Crippen LogP contribution in [0.25, 0.3) is 0 Å². The van der Waals surface area contributed by atoms with E-state index in [1.165, 1.54) is 0 Å². The molecule has 0 aromatic rings. The van der Waals surface area contributed by atoms with Crippen molar-refractivity contribution in [1.82, 2.24) is 5.32 Å². The highest BCUT2D eigenvalue weighted by Crippen LogP contribution is 2.50. The van der Waals surface area contributed by atoms with E-state index in [-0.39, 0.29) is 18.8 Å². The Morgan fingerprint density at radius 3 is 1.92 bits per heavy atom. The fraction of sp³-hybridized carbons (Fsp3) is 1.00. The van der Waals surface area contributed by atoms with E-state index in [9.17, 15) is 8.78 Å². The minimum atomic E-state index is -2.39. The molecule has 0 atom stereocenters. The molecule has 2 aliphatic rings. The van der Waals surface area contributed by atoms with Crippen LogP contribution < -0.4 is 5.32 Å². The fourth-order valence-corrected chi connectivity index (χ4v) is 2.12. The monoisotopic (exact) mass is 197 g/mol. The lowest BCUT2D eigenvalue weighted by Gasteiger charge is -2.50. The highest BCUT2D eigenvalue weighted by Gasteiger charge is 2.57. The van der Waals surface area contributed by atoms with Crippen LogP contribution in [-0.4, -0.2) is 19.0 Å². The predicted octanol–water partition coefficient (Wildman–Crippen LogP) is 2.21. The SMILES string of the molecule is Cl.FC1(F)CCCCC12CNC2. The molecule has 72 valence electrons. The first-order valence-corrected chi connectivity index (χ1v) is 4.25. The van der Waals surface area contributed by atoms with Crippen molar-refractivity contribution in [3.05, 3.63) is 0 Å². The first-order chi connectivity index (χ1) is 5.16. The van der Waals surface area contributed by atoms with Crippen LogP contribution in [0.5, 0.6) is 0 Å². The molecule has 12 heavy (non-hydrogen) atoms. The molecule has 2 fully saturated rings. The van der Waals surface area contributed by atoms with Crippen LogP contribution in [0.3, 0.4) is 0 Å². The molecule has 0 radical (unpaired) electrons. The Hall–Kier alpha value is 0.110. The summed E-state index contributed by atoms with van der Waals surface area (Å²) in [4.78, 5) is 0. The molecule has 0 unspecified atom stereocenters. The van der Waals surface area contributed by atoms with E-state index in [0.717, 1.165) is 6.42 Å². The second-order valence-corrected chi connectivity index (χ2v) is 3.80. The lowest BCUT2D eigenvalue weighted by atomic mass is 9.67. The second kappa shape index (κ2) is 3.11. The van der Waals surface area contributed by atoms with E-state index >= 15 is 0 Å². The van der Waals surface area contributed by atoms with Crippen LogP contribution in [0.4, 0.5) is 8.78 Å². The molecule has 1 N–H and O–H groups in total. The predicted molar refractivity (Wildman–Crippen MR) is 46.0 cm³/mol. The highest BCUT2D eigenvalue weighted by molar-refractivity contribution is 5.85. The molecule has 1 heterocycles. The molecule has 1 aliphatic carbocycles. The van der Waals surface area contributed by atoms with Gasteiger partial charge in [0.1, 0.15) is 0 Å². The van der Waals surface area contributed by atoms with E-state index < -0.39 is 11.3 Å². The average molecular weight is 198 g/mol. The summed E-state index contributed by atoms with van der Waals surface area (Å²) in [6.45, 7) is 1.06. The summed E-state index contributed by atoms with van der Waals surface area (Å²) in [5, 5.41) is 2.95. The third-order valence-electron chi connectivity index (χ3n) is 3.10. The number of hydrogen-bond acceptors (Lipinski definition) is 1. The summed E-state index contributed by atoms with van der Waals surface area (Å²) in [5.74, 6) is -2.39. The Labute approximate surface area is 77.3 Å². The lowest BCUT2D eigenvalue weighted by molar-refractivity contribution is -0.171. The largest absolute Gasteiger partial charge is 0.315 e. The van der Waals surface area contributed by atoms with Gasteiger partial charge in [0.05, 0.1) is 5.41 Å². The second-order valence-electron chi connectivity index (χ2n) is 3.80. The van der Waals surface area contributed by atoms with E-state index in [0.29, 0.717) is 25.9 Å². The maximum absolute atomic E-state index is 13.3. The van der Waals surface area contributed by atoms with Crippen molar-refractivity contribution in [2.45, 2.75) is 31.6 Å². The van der Waals surface area contributed by atoms with Crippen LogP contribution in [0.15, 0.2) is 0 Å². The van der Waals surface area contributed by atoms with Crippen LogP contribution in [0.1, 0.15) is 25.7 Å². The lowest BCUT2D eigenvalue weighted by Crippen LogP contribution is -2.64. The number of rotatable bonds is 0. The Morgan fingerprint density at radius 2 is 1.58 bits per heavy atom. The van der Waals surface area contributed by atoms with Crippen molar-refractivity contribution < 1.29 is 8.78 Å². The zero-order valence-corrected chi connectivity index (χ0v) is 7.72. The molecule has 1 spiro atoms. The molecule has 1 saturated carbocycles. The minimum Gasteiger partial charge on any atom is -0.315 e. The zero-order chi connectivity index (χ0) is 7.95. The molecule has 1 nitrogen and oxygen atoms in total. The highest BCUT2D eigenvalue weighted by atomic mass is 35.5. The van der Waals surface area contributed by atoms with Crippen LogP contribution in [-0.2, 0) is 0 Å². The molecule has 0 amide bonds. The Morgan fingerprint density at radius 1 is 1.00 bits per heavy atom. The topological polar surface area (TPSA) is 12.0 Å². The summed E-state index contributed by atoms with van der Waals surface area (Å²) >= 11 is 0. The van der Waals surface area contributed by atoms with Crippen LogP contribution in [0, 0.1) is 5.41 Å². The quantitative estimate of drug-likeness (QED) is 0.628. The first-order valence-electron chi connectivity index (χ1n) is 4.25.